The van der Waals surface area contributed by atoms with Gasteiger partial charge in [0.25, 0.3) is 0 Å². The van der Waals surface area contributed by atoms with E-state index in [0.29, 0.717) is 48.3 Å². The van der Waals surface area contributed by atoms with Crippen LogP contribution in [0.25, 0.3) is 33.2 Å². The molecule has 0 saturated carbocycles. The number of aryl methyl sites for hydroxylation is 2. The summed E-state index contributed by atoms with van der Waals surface area (Å²) in [6, 6.07) is 10.1. The van der Waals surface area contributed by atoms with E-state index in [1.165, 1.54) is 24.3 Å². The molecule has 39 heavy (non-hydrogen) atoms. The molecule has 0 spiro atoms. The highest BCUT2D eigenvalue weighted by Gasteiger charge is 2.33. The van der Waals surface area contributed by atoms with Gasteiger partial charge < -0.3 is 9.30 Å². The summed E-state index contributed by atoms with van der Waals surface area (Å²) in [5.74, 6) is -0.926. The van der Waals surface area contributed by atoms with Gasteiger partial charge in [0, 0.05) is 38.3 Å². The van der Waals surface area contributed by atoms with Gasteiger partial charge in [-0.3, -0.25) is 4.98 Å². The molecule has 5 aromatic rings. The third-order valence-corrected chi connectivity index (χ3v) is 8.69. The first-order chi connectivity index (χ1) is 18.6. The van der Waals surface area contributed by atoms with Crippen molar-refractivity contribution in [3.8, 4) is 11.3 Å². The van der Waals surface area contributed by atoms with Gasteiger partial charge in [0.1, 0.15) is 11.6 Å². The third kappa shape index (κ3) is 4.29. The smallest absolute Gasteiger partial charge is 0.177 e. The average molecular weight is 552 g/mol. The van der Waals surface area contributed by atoms with Crippen molar-refractivity contribution in [3.63, 3.8) is 0 Å². The van der Waals surface area contributed by atoms with Crippen LogP contribution in [0.15, 0.2) is 53.6 Å². The zero-order chi connectivity index (χ0) is 27.5. The minimum absolute atomic E-state index is 0.0102. The second-order valence-electron chi connectivity index (χ2n) is 10.1. The van der Waals surface area contributed by atoms with E-state index in [2.05, 4.69) is 15.3 Å². The molecule has 1 aliphatic heterocycles. The third-order valence-electron chi connectivity index (χ3n) is 7.57. The fourth-order valence-corrected chi connectivity index (χ4v) is 6.73. The summed E-state index contributed by atoms with van der Waals surface area (Å²) in [6.07, 6.45) is 4.15. The number of nitrogens with zero attached hydrogens (tertiary/aromatic N) is 5. The molecule has 0 bridgehead atoms. The Balaban J connectivity index is 1.77. The molecular formula is C28H27F2N5O3S. The van der Waals surface area contributed by atoms with E-state index in [4.69, 9.17) is 4.74 Å². The maximum absolute atomic E-state index is 15.6. The van der Waals surface area contributed by atoms with Gasteiger partial charge >= 0.3 is 0 Å². The van der Waals surface area contributed by atoms with Crippen molar-refractivity contribution in [3.05, 3.63) is 71.6 Å². The fourth-order valence-electron chi connectivity index (χ4n) is 5.86. The molecular weight excluding hydrogens is 524 g/mol. The molecule has 3 aromatic heterocycles. The van der Waals surface area contributed by atoms with E-state index in [-0.39, 0.29) is 27.5 Å². The lowest BCUT2D eigenvalue weighted by Crippen LogP contribution is -2.27. The standard InChI is InChI=1S/C28H27F2N5O3S/c1-16-26(34(2)33-32-16)19-14-22-25(31-15-19)24-21(30)8-9-23(39(3,36)37)28(24)35(22)27(18-10-12-38-13-11-18)17-4-6-20(29)7-5-17/h4-9,14-15,18,27H,10-13H2,1-3H3/t27-/m1/s1. The topological polar surface area (TPSA) is 91.9 Å². The summed E-state index contributed by atoms with van der Waals surface area (Å²) in [5, 5.41) is 8.40. The maximum Gasteiger partial charge on any atom is 0.177 e. The van der Waals surface area contributed by atoms with Crippen LogP contribution >= 0.6 is 0 Å². The summed E-state index contributed by atoms with van der Waals surface area (Å²) < 4.78 is 64.9. The predicted octanol–water partition coefficient (Wildman–Crippen LogP) is 4.99. The molecule has 1 fully saturated rings. The Morgan fingerprint density at radius 1 is 1.08 bits per heavy atom. The van der Waals surface area contributed by atoms with Gasteiger partial charge in [0.2, 0.25) is 0 Å². The minimum Gasteiger partial charge on any atom is -0.381 e. The van der Waals surface area contributed by atoms with Crippen LogP contribution in [0.5, 0.6) is 0 Å². The van der Waals surface area contributed by atoms with Crippen LogP contribution < -0.4 is 0 Å². The van der Waals surface area contributed by atoms with E-state index < -0.39 is 21.7 Å². The zero-order valence-corrected chi connectivity index (χ0v) is 22.5. The second-order valence-corrected chi connectivity index (χ2v) is 12.1. The van der Waals surface area contributed by atoms with Gasteiger partial charge in [0.15, 0.2) is 9.84 Å². The molecule has 2 aromatic carbocycles. The summed E-state index contributed by atoms with van der Waals surface area (Å²) in [5.41, 5.74) is 4.11. The molecule has 1 saturated heterocycles. The molecule has 0 unspecified atom stereocenters. The molecule has 11 heteroatoms. The Morgan fingerprint density at radius 2 is 1.79 bits per heavy atom. The van der Waals surface area contributed by atoms with Crippen molar-refractivity contribution in [2.24, 2.45) is 13.0 Å². The minimum atomic E-state index is -3.76. The first-order valence-corrected chi connectivity index (χ1v) is 14.6. The van der Waals surface area contributed by atoms with E-state index in [9.17, 15) is 12.8 Å². The number of aromatic nitrogens is 5. The van der Waals surface area contributed by atoms with Gasteiger partial charge in [0.05, 0.1) is 44.3 Å². The van der Waals surface area contributed by atoms with Crippen LogP contribution in [-0.2, 0) is 21.6 Å². The number of rotatable bonds is 5. The maximum atomic E-state index is 15.6. The molecule has 4 heterocycles. The second kappa shape index (κ2) is 9.49. The van der Waals surface area contributed by atoms with Crippen molar-refractivity contribution in [1.29, 1.82) is 0 Å². The molecule has 0 amide bonds. The SMILES string of the molecule is Cc1nnn(C)c1-c1cnc2c3c(F)ccc(S(C)(=O)=O)c3n([C@H](c3ccc(F)cc3)C3CCOCC3)c2c1. The largest absolute Gasteiger partial charge is 0.381 e. The number of hydrogen-bond donors (Lipinski definition) is 0. The van der Waals surface area contributed by atoms with E-state index in [1.807, 2.05) is 17.6 Å². The Labute approximate surface area is 224 Å². The van der Waals surface area contributed by atoms with Gasteiger partial charge in [-0.15, -0.1) is 5.10 Å². The number of benzene rings is 2. The summed E-state index contributed by atoms with van der Waals surface area (Å²) in [7, 11) is -1.98. The average Bonchev–Trinajstić information content (AvgIpc) is 3.42. The molecule has 1 atom stereocenters. The molecule has 0 radical (unpaired) electrons. The van der Waals surface area contributed by atoms with Gasteiger partial charge in [-0.05, 0) is 61.6 Å². The van der Waals surface area contributed by atoms with Crippen molar-refractivity contribution < 1.29 is 21.9 Å². The number of halogens is 2. The lowest BCUT2D eigenvalue weighted by Gasteiger charge is -2.33. The van der Waals surface area contributed by atoms with Crippen molar-refractivity contribution >= 4 is 31.8 Å². The molecule has 0 aliphatic carbocycles. The number of pyridine rings is 1. The zero-order valence-electron chi connectivity index (χ0n) is 21.7. The van der Waals surface area contributed by atoms with Crippen LogP contribution in [0.1, 0.15) is 30.1 Å². The molecule has 202 valence electrons. The Bertz CT molecular complexity index is 1800. The first-order valence-electron chi connectivity index (χ1n) is 12.7. The van der Waals surface area contributed by atoms with E-state index in [1.54, 1.807) is 30.1 Å². The summed E-state index contributed by atoms with van der Waals surface area (Å²) in [4.78, 5) is 4.69. The van der Waals surface area contributed by atoms with Crippen LogP contribution in [-0.4, -0.2) is 52.4 Å². The van der Waals surface area contributed by atoms with Gasteiger partial charge in [-0.1, -0.05) is 17.3 Å². The van der Waals surface area contributed by atoms with Crippen molar-refractivity contribution in [1.82, 2.24) is 24.5 Å². The van der Waals surface area contributed by atoms with Crippen LogP contribution in [0.4, 0.5) is 8.78 Å². The quantitative estimate of drug-likeness (QED) is 0.286. The molecule has 1 aliphatic rings. The number of hydrogen-bond acceptors (Lipinski definition) is 6. The number of ether oxygens (including phenoxy) is 1. The predicted molar refractivity (Wildman–Crippen MR) is 143 cm³/mol. The Hall–Kier alpha value is -3.70. The van der Waals surface area contributed by atoms with Crippen molar-refractivity contribution in [2.45, 2.75) is 30.7 Å². The highest BCUT2D eigenvalue weighted by atomic mass is 32.2. The summed E-state index contributed by atoms with van der Waals surface area (Å²) in [6.45, 7) is 2.92. The fraction of sp³-hybridized carbons (Fsp3) is 0.321. The highest BCUT2D eigenvalue weighted by molar-refractivity contribution is 7.91. The van der Waals surface area contributed by atoms with Crippen LogP contribution in [0, 0.1) is 24.5 Å². The monoisotopic (exact) mass is 551 g/mol. The van der Waals surface area contributed by atoms with Gasteiger partial charge in [-0.2, -0.15) is 0 Å². The normalized spacial score (nSPS) is 15.8. The highest BCUT2D eigenvalue weighted by Crippen LogP contribution is 2.43. The Morgan fingerprint density at radius 3 is 2.44 bits per heavy atom. The summed E-state index contributed by atoms with van der Waals surface area (Å²) >= 11 is 0. The first kappa shape index (κ1) is 25.6. The van der Waals surface area contributed by atoms with Crippen LogP contribution in [0.3, 0.4) is 0 Å². The van der Waals surface area contributed by atoms with Gasteiger partial charge in [-0.25, -0.2) is 21.9 Å². The molecule has 8 nitrogen and oxygen atoms in total. The molecule has 6 rings (SSSR count). The molecule has 0 N–H and O–H groups in total. The van der Waals surface area contributed by atoms with Crippen LogP contribution in [0.2, 0.25) is 0 Å². The number of fused-ring (bicyclic) bond motifs is 3. The lowest BCUT2D eigenvalue weighted by molar-refractivity contribution is 0.0552. The van der Waals surface area contributed by atoms with Crippen molar-refractivity contribution in [2.75, 3.05) is 19.5 Å². The Kier molecular flexibility index (Phi) is 6.22. The van der Waals surface area contributed by atoms with E-state index in [0.717, 1.165) is 17.5 Å². The van der Waals surface area contributed by atoms with E-state index >= 15 is 4.39 Å². The lowest BCUT2D eigenvalue weighted by atomic mass is 9.86. The number of sulfone groups is 1.